The number of nitrogens with two attached hydrogens (primary N) is 1. The molecule has 0 unspecified atom stereocenters. The number of benzene rings is 1. The number of aromatic nitrogens is 2. The first-order valence-corrected chi connectivity index (χ1v) is 11.0. The van der Waals surface area contributed by atoms with Crippen LogP contribution in [0.15, 0.2) is 35.3 Å². The molecule has 0 atom stereocenters. The number of nitrogens with zero attached hydrogens (tertiary/aromatic N) is 4. The molecule has 7 nitrogen and oxygen atoms in total. The van der Waals surface area contributed by atoms with E-state index in [1.54, 1.807) is 4.68 Å². The number of hydrogen-bond acceptors (Lipinski definition) is 4. The normalized spacial score (nSPS) is 15.3. The van der Waals surface area contributed by atoms with E-state index in [9.17, 15) is 5.26 Å². The molecule has 1 aliphatic rings. The molecule has 0 aliphatic heterocycles. The van der Waals surface area contributed by atoms with Gasteiger partial charge in [0.25, 0.3) is 0 Å². The fourth-order valence-corrected chi connectivity index (χ4v) is 3.89. The maximum atomic E-state index is 9.54. The summed E-state index contributed by atoms with van der Waals surface area (Å²) in [5, 5.41) is 20.9. The molecule has 1 aliphatic carbocycles. The standard InChI is InChI=1S/C23H33N7/c1-3-23(13-9-14-23)17-28-22(26-4-2)27-15-8-12-20-19(16-24)21(25)30(29-20)18-10-6-5-7-11-18/h5-7,10-11H,3-4,8-9,12-15,17,25H2,1-2H3,(H2,26,27,28). The highest BCUT2D eigenvalue weighted by atomic mass is 15.3. The Labute approximate surface area is 179 Å². The van der Waals surface area contributed by atoms with Gasteiger partial charge in [-0.2, -0.15) is 10.4 Å². The molecular formula is C23H33N7. The molecule has 3 rings (SSSR count). The van der Waals surface area contributed by atoms with Crippen LogP contribution in [0.4, 0.5) is 5.82 Å². The van der Waals surface area contributed by atoms with Crippen molar-refractivity contribution < 1.29 is 0 Å². The van der Waals surface area contributed by atoms with Crippen molar-refractivity contribution in [2.45, 2.75) is 52.4 Å². The summed E-state index contributed by atoms with van der Waals surface area (Å²) in [5.41, 5.74) is 8.66. The van der Waals surface area contributed by atoms with Crippen molar-refractivity contribution in [1.29, 1.82) is 5.26 Å². The lowest BCUT2D eigenvalue weighted by atomic mass is 9.67. The average Bonchev–Trinajstić information content (AvgIpc) is 3.06. The third kappa shape index (κ3) is 4.93. The number of hydrogen-bond donors (Lipinski definition) is 3. The van der Waals surface area contributed by atoms with Crippen LogP contribution in [0.1, 0.15) is 57.2 Å². The zero-order valence-electron chi connectivity index (χ0n) is 18.1. The van der Waals surface area contributed by atoms with Crippen LogP contribution in [-0.2, 0) is 6.42 Å². The van der Waals surface area contributed by atoms with E-state index in [1.165, 1.54) is 25.7 Å². The van der Waals surface area contributed by atoms with Gasteiger partial charge in [-0.05, 0) is 56.6 Å². The van der Waals surface area contributed by atoms with Crippen LogP contribution in [-0.4, -0.2) is 35.4 Å². The minimum atomic E-state index is 0.395. The van der Waals surface area contributed by atoms with Gasteiger partial charge in [-0.1, -0.05) is 31.5 Å². The van der Waals surface area contributed by atoms with Gasteiger partial charge in [0.15, 0.2) is 5.96 Å². The molecule has 1 heterocycles. The summed E-state index contributed by atoms with van der Waals surface area (Å²) in [6, 6.07) is 11.9. The molecule has 0 amide bonds. The maximum Gasteiger partial charge on any atom is 0.191 e. The van der Waals surface area contributed by atoms with Crippen molar-refractivity contribution in [3.05, 3.63) is 41.6 Å². The van der Waals surface area contributed by atoms with E-state index in [1.807, 2.05) is 30.3 Å². The second-order valence-electron chi connectivity index (χ2n) is 8.00. The van der Waals surface area contributed by atoms with Crippen molar-refractivity contribution in [3.63, 3.8) is 0 Å². The van der Waals surface area contributed by atoms with Gasteiger partial charge in [0, 0.05) is 19.6 Å². The fourth-order valence-electron chi connectivity index (χ4n) is 3.89. The molecular weight excluding hydrogens is 374 g/mol. The van der Waals surface area contributed by atoms with Crippen LogP contribution in [0.2, 0.25) is 0 Å². The number of para-hydroxylation sites is 1. The SMILES string of the molecule is CCNC(=NCC1(CC)CCC1)NCCCc1nn(-c2ccccc2)c(N)c1C#N. The van der Waals surface area contributed by atoms with Gasteiger partial charge in [-0.25, -0.2) is 4.68 Å². The Morgan fingerprint density at radius 2 is 2.03 bits per heavy atom. The molecule has 1 fully saturated rings. The van der Waals surface area contributed by atoms with Crippen LogP contribution in [0.25, 0.3) is 5.69 Å². The first-order chi connectivity index (χ1) is 14.6. The molecule has 7 heteroatoms. The Morgan fingerprint density at radius 1 is 1.27 bits per heavy atom. The second-order valence-corrected chi connectivity index (χ2v) is 8.00. The van der Waals surface area contributed by atoms with E-state index >= 15 is 0 Å². The predicted octanol–water partition coefficient (Wildman–Crippen LogP) is 3.39. The van der Waals surface area contributed by atoms with Gasteiger partial charge < -0.3 is 16.4 Å². The van der Waals surface area contributed by atoms with Crippen molar-refractivity contribution in [1.82, 2.24) is 20.4 Å². The zero-order valence-corrected chi connectivity index (χ0v) is 18.1. The highest BCUT2D eigenvalue weighted by molar-refractivity contribution is 5.79. The number of rotatable bonds is 9. The molecule has 0 spiro atoms. The van der Waals surface area contributed by atoms with Crippen molar-refractivity contribution in [2.24, 2.45) is 10.4 Å². The van der Waals surface area contributed by atoms with E-state index in [2.05, 4.69) is 35.6 Å². The van der Waals surface area contributed by atoms with Gasteiger partial charge in [0.05, 0.1) is 11.4 Å². The smallest absolute Gasteiger partial charge is 0.191 e. The number of anilines is 1. The number of nitriles is 1. The van der Waals surface area contributed by atoms with Crippen LogP contribution in [0.3, 0.4) is 0 Å². The molecule has 1 saturated carbocycles. The Bertz CT molecular complexity index is 883. The lowest BCUT2D eigenvalue weighted by Crippen LogP contribution is -2.40. The third-order valence-corrected chi connectivity index (χ3v) is 6.07. The van der Waals surface area contributed by atoms with Crippen molar-refractivity contribution >= 4 is 11.8 Å². The molecule has 1 aromatic heterocycles. The quantitative estimate of drug-likeness (QED) is 0.336. The van der Waals surface area contributed by atoms with Crippen LogP contribution >= 0.6 is 0 Å². The molecule has 160 valence electrons. The fraction of sp³-hybridized carbons (Fsp3) is 0.522. The first-order valence-electron chi connectivity index (χ1n) is 11.0. The van der Waals surface area contributed by atoms with Crippen LogP contribution < -0.4 is 16.4 Å². The lowest BCUT2D eigenvalue weighted by Gasteiger charge is -2.40. The summed E-state index contributed by atoms with van der Waals surface area (Å²) >= 11 is 0. The summed E-state index contributed by atoms with van der Waals surface area (Å²) in [6.45, 7) is 6.82. The summed E-state index contributed by atoms with van der Waals surface area (Å²) in [4.78, 5) is 4.82. The van der Waals surface area contributed by atoms with Gasteiger partial charge in [-0.15, -0.1) is 0 Å². The molecule has 2 aromatic rings. The second kappa shape index (κ2) is 10.1. The van der Waals surface area contributed by atoms with Gasteiger partial charge in [0.2, 0.25) is 0 Å². The van der Waals surface area contributed by atoms with E-state index in [0.29, 0.717) is 23.2 Å². The van der Waals surface area contributed by atoms with Gasteiger partial charge in [-0.3, -0.25) is 4.99 Å². The lowest BCUT2D eigenvalue weighted by molar-refractivity contribution is 0.139. The first kappa shape index (κ1) is 21.7. The van der Waals surface area contributed by atoms with E-state index < -0.39 is 0 Å². The third-order valence-electron chi connectivity index (χ3n) is 6.07. The predicted molar refractivity (Wildman–Crippen MR) is 122 cm³/mol. The summed E-state index contributed by atoms with van der Waals surface area (Å²) in [7, 11) is 0. The monoisotopic (exact) mass is 407 g/mol. The summed E-state index contributed by atoms with van der Waals surface area (Å²) in [6.07, 6.45) is 6.61. The van der Waals surface area contributed by atoms with Crippen LogP contribution in [0, 0.1) is 16.7 Å². The topological polar surface area (TPSA) is 104 Å². The zero-order chi connectivity index (χ0) is 21.4. The molecule has 4 N–H and O–H groups in total. The number of aliphatic imine (C=N–C) groups is 1. The van der Waals surface area contributed by atoms with Gasteiger partial charge in [0.1, 0.15) is 17.5 Å². The molecule has 1 aromatic carbocycles. The summed E-state index contributed by atoms with van der Waals surface area (Å²) < 4.78 is 1.65. The Balaban J connectivity index is 1.58. The van der Waals surface area contributed by atoms with E-state index in [0.717, 1.165) is 43.4 Å². The number of guanidine groups is 1. The number of nitrogen functional groups attached to an aromatic ring is 1. The van der Waals surface area contributed by atoms with E-state index in [-0.39, 0.29) is 0 Å². The Hall–Kier alpha value is -3.01. The molecule has 0 radical (unpaired) electrons. The van der Waals surface area contributed by atoms with Crippen molar-refractivity contribution in [2.75, 3.05) is 25.4 Å². The van der Waals surface area contributed by atoms with Crippen LogP contribution in [0.5, 0.6) is 0 Å². The minimum absolute atomic E-state index is 0.395. The van der Waals surface area contributed by atoms with Gasteiger partial charge >= 0.3 is 0 Å². The average molecular weight is 408 g/mol. The highest BCUT2D eigenvalue weighted by Crippen LogP contribution is 2.43. The molecule has 0 bridgehead atoms. The van der Waals surface area contributed by atoms with E-state index in [4.69, 9.17) is 10.7 Å². The molecule has 30 heavy (non-hydrogen) atoms. The Kier molecular flexibility index (Phi) is 7.34. The Morgan fingerprint density at radius 3 is 2.63 bits per heavy atom. The number of aryl methyl sites for hydroxylation is 1. The largest absolute Gasteiger partial charge is 0.382 e. The highest BCUT2D eigenvalue weighted by Gasteiger charge is 2.34. The minimum Gasteiger partial charge on any atom is -0.382 e. The maximum absolute atomic E-state index is 9.54. The summed E-state index contributed by atoms with van der Waals surface area (Å²) in [5.74, 6) is 1.26. The number of nitrogens with one attached hydrogen (secondary N) is 2. The van der Waals surface area contributed by atoms with Crippen molar-refractivity contribution in [3.8, 4) is 11.8 Å². The molecule has 0 saturated heterocycles.